The molecule has 1 heterocycles. The van der Waals surface area contributed by atoms with Gasteiger partial charge in [0.2, 0.25) is 11.8 Å². The Hall–Kier alpha value is -2.93. The van der Waals surface area contributed by atoms with E-state index in [4.69, 9.17) is 25.8 Å². The molecule has 7 nitrogen and oxygen atoms in total. The van der Waals surface area contributed by atoms with Crippen LogP contribution < -0.4 is 24.4 Å². The Morgan fingerprint density at radius 1 is 1.11 bits per heavy atom. The van der Waals surface area contributed by atoms with Crippen LogP contribution in [-0.4, -0.2) is 39.7 Å². The van der Waals surface area contributed by atoms with Gasteiger partial charge >= 0.3 is 0 Å². The summed E-state index contributed by atoms with van der Waals surface area (Å²) in [5.74, 6) is 0.586. The summed E-state index contributed by atoms with van der Waals surface area (Å²) in [6.07, 6.45) is 0.121. The number of amides is 2. The summed E-state index contributed by atoms with van der Waals surface area (Å²) in [6, 6.07) is 10.3. The van der Waals surface area contributed by atoms with Gasteiger partial charge in [0.15, 0.2) is 0 Å². The van der Waals surface area contributed by atoms with Crippen LogP contribution in [0.25, 0.3) is 0 Å². The SMILES string of the molecule is COc1cccc(N2CC(C(=O)Nc3cc(OC)c(Cl)cc3OC)CC2=O)c1. The quantitative estimate of drug-likeness (QED) is 0.798. The third-order valence-corrected chi connectivity index (χ3v) is 4.89. The number of hydrogen-bond donors (Lipinski definition) is 1. The van der Waals surface area contributed by atoms with Crippen LogP contribution in [0.2, 0.25) is 5.02 Å². The highest BCUT2D eigenvalue weighted by atomic mass is 35.5. The zero-order chi connectivity index (χ0) is 20.3. The molecule has 2 aromatic carbocycles. The van der Waals surface area contributed by atoms with E-state index in [0.717, 1.165) is 0 Å². The van der Waals surface area contributed by atoms with E-state index in [9.17, 15) is 9.59 Å². The first-order valence-electron chi connectivity index (χ1n) is 8.63. The highest BCUT2D eigenvalue weighted by Crippen LogP contribution is 2.36. The number of ether oxygens (including phenoxy) is 3. The van der Waals surface area contributed by atoms with Crippen molar-refractivity contribution < 1.29 is 23.8 Å². The molecule has 1 fully saturated rings. The van der Waals surface area contributed by atoms with Crippen molar-refractivity contribution in [2.45, 2.75) is 6.42 Å². The average molecular weight is 405 g/mol. The van der Waals surface area contributed by atoms with E-state index >= 15 is 0 Å². The molecular weight excluding hydrogens is 384 g/mol. The average Bonchev–Trinajstić information content (AvgIpc) is 3.10. The van der Waals surface area contributed by atoms with Gasteiger partial charge in [0.05, 0.1) is 38.0 Å². The Labute approximate surface area is 168 Å². The van der Waals surface area contributed by atoms with Crippen LogP contribution in [0.3, 0.4) is 0 Å². The van der Waals surface area contributed by atoms with E-state index in [2.05, 4.69) is 5.32 Å². The fourth-order valence-electron chi connectivity index (χ4n) is 3.10. The number of halogens is 1. The largest absolute Gasteiger partial charge is 0.497 e. The number of carbonyl (C=O) groups excluding carboxylic acids is 2. The first-order chi connectivity index (χ1) is 13.5. The Morgan fingerprint density at radius 2 is 1.86 bits per heavy atom. The van der Waals surface area contributed by atoms with E-state index in [1.807, 2.05) is 6.07 Å². The molecule has 8 heteroatoms. The van der Waals surface area contributed by atoms with Crippen LogP contribution in [0.5, 0.6) is 17.2 Å². The molecular formula is C20H21ClN2O5. The predicted molar refractivity (Wildman–Crippen MR) is 107 cm³/mol. The lowest BCUT2D eigenvalue weighted by molar-refractivity contribution is -0.122. The highest BCUT2D eigenvalue weighted by Gasteiger charge is 2.35. The summed E-state index contributed by atoms with van der Waals surface area (Å²) >= 11 is 6.10. The Bertz CT molecular complexity index is 902. The lowest BCUT2D eigenvalue weighted by Crippen LogP contribution is -2.28. The second-order valence-corrected chi connectivity index (χ2v) is 6.69. The van der Waals surface area contributed by atoms with E-state index in [0.29, 0.717) is 33.6 Å². The molecule has 2 aromatic rings. The highest BCUT2D eigenvalue weighted by molar-refractivity contribution is 6.32. The number of methoxy groups -OCH3 is 3. The number of nitrogens with zero attached hydrogens (tertiary/aromatic N) is 1. The first kappa shape index (κ1) is 19.8. The third-order valence-electron chi connectivity index (χ3n) is 4.59. The maximum Gasteiger partial charge on any atom is 0.229 e. The number of anilines is 2. The fraction of sp³-hybridized carbons (Fsp3) is 0.300. The summed E-state index contributed by atoms with van der Waals surface area (Å²) in [6.45, 7) is 0.283. The molecule has 1 aliphatic heterocycles. The van der Waals surface area contributed by atoms with Gasteiger partial charge < -0.3 is 24.4 Å². The Kier molecular flexibility index (Phi) is 5.94. The second kappa shape index (κ2) is 8.39. The zero-order valence-electron chi connectivity index (χ0n) is 15.8. The van der Waals surface area contributed by atoms with Gasteiger partial charge in [-0.25, -0.2) is 0 Å². The van der Waals surface area contributed by atoms with E-state index in [-0.39, 0.29) is 24.8 Å². The summed E-state index contributed by atoms with van der Waals surface area (Å²) in [5.41, 5.74) is 1.13. The molecule has 1 N–H and O–H groups in total. The summed E-state index contributed by atoms with van der Waals surface area (Å²) in [7, 11) is 4.54. The normalized spacial score (nSPS) is 16.1. The monoisotopic (exact) mass is 404 g/mol. The predicted octanol–water partition coefficient (Wildman–Crippen LogP) is 3.36. The van der Waals surface area contributed by atoms with Crippen LogP contribution in [0, 0.1) is 5.92 Å². The van der Waals surface area contributed by atoms with Crippen LogP contribution >= 0.6 is 11.6 Å². The second-order valence-electron chi connectivity index (χ2n) is 6.28. The van der Waals surface area contributed by atoms with Gasteiger partial charge in [0.25, 0.3) is 0 Å². The molecule has 0 radical (unpaired) electrons. The number of benzene rings is 2. The van der Waals surface area contributed by atoms with Crippen LogP contribution in [-0.2, 0) is 9.59 Å². The Balaban J connectivity index is 1.76. The topological polar surface area (TPSA) is 77.1 Å². The molecule has 0 aromatic heterocycles. The van der Waals surface area contributed by atoms with Gasteiger partial charge in [0.1, 0.15) is 17.2 Å². The van der Waals surface area contributed by atoms with Gasteiger partial charge in [-0.3, -0.25) is 9.59 Å². The maximum absolute atomic E-state index is 12.8. The Morgan fingerprint density at radius 3 is 2.54 bits per heavy atom. The molecule has 1 saturated heterocycles. The lowest BCUT2D eigenvalue weighted by Gasteiger charge is -2.18. The zero-order valence-corrected chi connectivity index (χ0v) is 16.6. The van der Waals surface area contributed by atoms with Crippen molar-refractivity contribution in [2.24, 2.45) is 5.92 Å². The van der Waals surface area contributed by atoms with Crippen LogP contribution in [0.1, 0.15) is 6.42 Å². The smallest absolute Gasteiger partial charge is 0.229 e. The number of hydrogen-bond acceptors (Lipinski definition) is 5. The van der Waals surface area contributed by atoms with Crippen molar-refractivity contribution in [3.05, 3.63) is 41.4 Å². The van der Waals surface area contributed by atoms with Gasteiger partial charge in [-0.05, 0) is 12.1 Å². The van der Waals surface area contributed by atoms with Gasteiger partial charge in [-0.1, -0.05) is 17.7 Å². The summed E-state index contributed by atoms with van der Waals surface area (Å²) in [4.78, 5) is 26.8. The molecule has 0 aliphatic carbocycles. The summed E-state index contributed by atoms with van der Waals surface area (Å²) < 4.78 is 15.7. The number of nitrogens with one attached hydrogen (secondary N) is 1. The minimum atomic E-state index is -0.495. The molecule has 0 spiro atoms. The van der Waals surface area contributed by atoms with Crippen molar-refractivity contribution in [3.63, 3.8) is 0 Å². The van der Waals surface area contributed by atoms with E-state index in [1.165, 1.54) is 14.2 Å². The summed E-state index contributed by atoms with van der Waals surface area (Å²) in [5, 5.41) is 3.19. The standard InChI is InChI=1S/C20H21ClN2O5/c1-26-14-6-4-5-13(8-14)23-11-12(7-19(23)24)20(25)22-16-10-17(27-2)15(21)9-18(16)28-3/h4-6,8-10,12H,7,11H2,1-3H3,(H,22,25). The van der Waals surface area contributed by atoms with Crippen molar-refractivity contribution in [3.8, 4) is 17.2 Å². The van der Waals surface area contributed by atoms with Gasteiger partial charge in [-0.15, -0.1) is 0 Å². The molecule has 2 amide bonds. The minimum absolute atomic E-state index is 0.117. The molecule has 0 saturated carbocycles. The van der Waals surface area contributed by atoms with Crippen molar-refractivity contribution >= 4 is 34.8 Å². The fourth-order valence-corrected chi connectivity index (χ4v) is 3.33. The van der Waals surface area contributed by atoms with Crippen LogP contribution in [0.4, 0.5) is 11.4 Å². The minimum Gasteiger partial charge on any atom is -0.497 e. The van der Waals surface area contributed by atoms with Crippen molar-refractivity contribution in [1.82, 2.24) is 0 Å². The molecule has 1 unspecified atom stereocenters. The van der Waals surface area contributed by atoms with Crippen molar-refractivity contribution in [1.29, 1.82) is 0 Å². The van der Waals surface area contributed by atoms with E-state index in [1.54, 1.807) is 42.3 Å². The van der Waals surface area contributed by atoms with Gasteiger partial charge in [0, 0.05) is 36.9 Å². The number of rotatable bonds is 6. The van der Waals surface area contributed by atoms with Crippen LogP contribution in [0.15, 0.2) is 36.4 Å². The molecule has 3 rings (SSSR count). The molecule has 148 valence electrons. The molecule has 1 aliphatic rings. The lowest BCUT2D eigenvalue weighted by atomic mass is 10.1. The molecule has 28 heavy (non-hydrogen) atoms. The molecule has 0 bridgehead atoms. The van der Waals surface area contributed by atoms with Gasteiger partial charge in [-0.2, -0.15) is 0 Å². The maximum atomic E-state index is 12.8. The first-order valence-corrected chi connectivity index (χ1v) is 9.01. The molecule has 1 atom stereocenters. The van der Waals surface area contributed by atoms with Crippen molar-refractivity contribution in [2.75, 3.05) is 38.1 Å². The van der Waals surface area contributed by atoms with E-state index < -0.39 is 5.92 Å². The third kappa shape index (κ3) is 3.99. The number of carbonyl (C=O) groups is 2.